The highest BCUT2D eigenvalue weighted by atomic mass is 32.1. The number of ether oxygens (including phenoxy) is 1. The van der Waals surface area contributed by atoms with Crippen molar-refractivity contribution in [3.8, 4) is 10.4 Å². The molecule has 0 saturated heterocycles. The van der Waals surface area contributed by atoms with E-state index >= 15 is 0 Å². The average molecular weight is 231 g/mol. The van der Waals surface area contributed by atoms with Crippen molar-refractivity contribution in [1.82, 2.24) is 4.98 Å². The topological polar surface area (TPSA) is 22.1 Å². The molecule has 1 aromatic heterocycles. The van der Waals surface area contributed by atoms with Crippen LogP contribution in [-0.4, -0.2) is 12.1 Å². The molecule has 0 unspecified atom stereocenters. The number of aryl methyl sites for hydroxylation is 1. The predicted molar refractivity (Wildman–Crippen MR) is 68.3 cm³/mol. The lowest BCUT2D eigenvalue weighted by Crippen LogP contribution is -1.73. The monoisotopic (exact) mass is 231 g/mol. The maximum absolute atomic E-state index is 4.87. The van der Waals surface area contributed by atoms with E-state index in [9.17, 15) is 0 Å². The van der Waals surface area contributed by atoms with Crippen molar-refractivity contribution >= 4 is 17.4 Å². The van der Waals surface area contributed by atoms with E-state index in [-0.39, 0.29) is 0 Å². The van der Waals surface area contributed by atoms with Gasteiger partial charge in [-0.3, -0.25) is 0 Å². The molecule has 0 spiro atoms. The van der Waals surface area contributed by atoms with E-state index in [1.807, 2.05) is 12.3 Å². The molecule has 0 aliphatic carbocycles. The lowest BCUT2D eigenvalue weighted by atomic mass is 10.1. The number of aromatic nitrogens is 1. The average Bonchev–Trinajstić information content (AvgIpc) is 2.75. The van der Waals surface area contributed by atoms with Crippen LogP contribution >= 0.6 is 11.3 Å². The zero-order valence-electron chi connectivity index (χ0n) is 9.31. The fourth-order valence-corrected chi connectivity index (χ4v) is 2.23. The molecule has 82 valence electrons. The maximum atomic E-state index is 4.87. The first-order valence-electron chi connectivity index (χ1n) is 5.02. The lowest BCUT2D eigenvalue weighted by molar-refractivity contribution is 0.341. The smallest absolute Gasteiger partial charge is 0.119 e. The second-order valence-corrected chi connectivity index (χ2v) is 4.53. The Labute approximate surface area is 99.2 Å². The number of thiazole rings is 1. The second-order valence-electron chi connectivity index (χ2n) is 3.47. The molecule has 2 nitrogen and oxygen atoms in total. The third-order valence-electron chi connectivity index (χ3n) is 2.17. The zero-order chi connectivity index (χ0) is 11.4. The lowest BCUT2D eigenvalue weighted by Gasteiger charge is -1.97. The Morgan fingerprint density at radius 3 is 3.00 bits per heavy atom. The van der Waals surface area contributed by atoms with Crippen LogP contribution in [0.5, 0.6) is 0 Å². The summed E-state index contributed by atoms with van der Waals surface area (Å²) in [6.45, 7) is 2.09. The molecule has 16 heavy (non-hydrogen) atoms. The molecule has 1 aromatic carbocycles. The molecule has 1 heterocycles. The summed E-state index contributed by atoms with van der Waals surface area (Å²) in [7, 11) is 1.63. The number of hydrogen-bond donors (Lipinski definition) is 0. The number of rotatable bonds is 3. The summed E-state index contributed by atoms with van der Waals surface area (Å²) in [5, 5.41) is 0.957. The van der Waals surface area contributed by atoms with Crippen LogP contribution in [0, 0.1) is 6.92 Å². The fourth-order valence-electron chi connectivity index (χ4n) is 1.42. The van der Waals surface area contributed by atoms with Crippen molar-refractivity contribution in [1.29, 1.82) is 0 Å². The van der Waals surface area contributed by atoms with Gasteiger partial charge in [-0.1, -0.05) is 29.8 Å². The van der Waals surface area contributed by atoms with Crippen molar-refractivity contribution in [3.63, 3.8) is 0 Å². The van der Waals surface area contributed by atoms with Crippen LogP contribution in [0.2, 0.25) is 0 Å². The molecule has 2 aromatic rings. The third kappa shape index (κ3) is 2.49. The summed E-state index contributed by atoms with van der Waals surface area (Å²) in [5.74, 6) is 0. The van der Waals surface area contributed by atoms with Crippen molar-refractivity contribution in [2.45, 2.75) is 6.92 Å². The Morgan fingerprint density at radius 1 is 1.38 bits per heavy atom. The number of hydrogen-bond acceptors (Lipinski definition) is 3. The van der Waals surface area contributed by atoms with Gasteiger partial charge in [0.05, 0.1) is 18.2 Å². The van der Waals surface area contributed by atoms with Crippen LogP contribution in [0.3, 0.4) is 0 Å². The van der Waals surface area contributed by atoms with Crippen molar-refractivity contribution in [2.24, 2.45) is 0 Å². The van der Waals surface area contributed by atoms with Crippen LogP contribution in [0.25, 0.3) is 16.5 Å². The summed E-state index contributed by atoms with van der Waals surface area (Å²) in [6, 6.07) is 8.42. The van der Waals surface area contributed by atoms with Crippen LogP contribution in [-0.2, 0) is 4.74 Å². The van der Waals surface area contributed by atoms with Crippen molar-refractivity contribution in [2.75, 3.05) is 7.11 Å². The van der Waals surface area contributed by atoms with Crippen LogP contribution in [0.4, 0.5) is 0 Å². The minimum atomic E-state index is 0.957. The predicted octanol–water partition coefficient (Wildman–Crippen LogP) is 3.74. The third-order valence-corrected chi connectivity index (χ3v) is 3.18. The quantitative estimate of drug-likeness (QED) is 0.751. The van der Waals surface area contributed by atoms with Gasteiger partial charge in [0.25, 0.3) is 0 Å². The van der Waals surface area contributed by atoms with Gasteiger partial charge in [0.15, 0.2) is 0 Å². The second kappa shape index (κ2) is 4.94. The summed E-state index contributed by atoms with van der Waals surface area (Å²) < 4.78 is 4.87. The molecule has 0 radical (unpaired) electrons. The molecule has 0 fully saturated rings. The van der Waals surface area contributed by atoms with Gasteiger partial charge in [0, 0.05) is 12.3 Å². The summed E-state index contributed by atoms with van der Waals surface area (Å²) in [5.41, 5.74) is 2.48. The van der Waals surface area contributed by atoms with Gasteiger partial charge >= 0.3 is 0 Å². The summed E-state index contributed by atoms with van der Waals surface area (Å²) in [6.07, 6.45) is 5.40. The molecule has 0 atom stereocenters. The van der Waals surface area contributed by atoms with Crippen LogP contribution in [0.15, 0.2) is 36.7 Å². The summed E-state index contributed by atoms with van der Waals surface area (Å²) in [4.78, 5) is 5.49. The first-order valence-corrected chi connectivity index (χ1v) is 5.83. The highest BCUT2D eigenvalue weighted by molar-refractivity contribution is 7.15. The van der Waals surface area contributed by atoms with E-state index in [1.165, 1.54) is 16.0 Å². The van der Waals surface area contributed by atoms with Gasteiger partial charge in [-0.2, -0.15) is 0 Å². The Morgan fingerprint density at radius 2 is 2.25 bits per heavy atom. The minimum Gasteiger partial charge on any atom is -0.504 e. The van der Waals surface area contributed by atoms with Crippen LogP contribution in [0.1, 0.15) is 10.6 Å². The molecule has 3 heteroatoms. The first kappa shape index (κ1) is 10.9. The molecule has 0 amide bonds. The minimum absolute atomic E-state index is 0.957. The van der Waals surface area contributed by atoms with E-state index in [0.717, 1.165) is 5.01 Å². The Kier molecular flexibility index (Phi) is 3.37. The first-order chi connectivity index (χ1) is 7.79. The summed E-state index contributed by atoms with van der Waals surface area (Å²) >= 11 is 1.66. The largest absolute Gasteiger partial charge is 0.504 e. The Hall–Kier alpha value is -1.61. The zero-order valence-corrected chi connectivity index (χ0v) is 10.1. The van der Waals surface area contributed by atoms with Gasteiger partial charge in [0.2, 0.25) is 0 Å². The van der Waals surface area contributed by atoms with Gasteiger partial charge in [0.1, 0.15) is 5.01 Å². The van der Waals surface area contributed by atoms with E-state index in [4.69, 9.17) is 4.74 Å². The van der Waals surface area contributed by atoms with E-state index < -0.39 is 0 Å². The van der Waals surface area contributed by atoms with Gasteiger partial charge in [-0.25, -0.2) is 4.98 Å². The molecule has 0 saturated carbocycles. The maximum Gasteiger partial charge on any atom is 0.119 e. The molecular formula is C13H13NOS. The van der Waals surface area contributed by atoms with E-state index in [1.54, 1.807) is 24.7 Å². The highest BCUT2D eigenvalue weighted by Gasteiger charge is 2.02. The van der Waals surface area contributed by atoms with Gasteiger partial charge < -0.3 is 4.74 Å². The molecular weight excluding hydrogens is 218 g/mol. The Balaban J connectivity index is 2.28. The molecule has 0 aliphatic heterocycles. The highest BCUT2D eigenvalue weighted by Crippen LogP contribution is 2.27. The molecule has 2 rings (SSSR count). The van der Waals surface area contributed by atoms with E-state index in [0.29, 0.717) is 0 Å². The van der Waals surface area contributed by atoms with Crippen molar-refractivity contribution < 1.29 is 4.74 Å². The van der Waals surface area contributed by atoms with Crippen molar-refractivity contribution in [3.05, 3.63) is 47.3 Å². The number of nitrogens with zero attached hydrogens (tertiary/aromatic N) is 1. The van der Waals surface area contributed by atoms with Gasteiger partial charge in [-0.05, 0) is 12.5 Å². The SMILES string of the molecule is CO/C=C\c1ncc(-c2cccc(C)c2)s1. The van der Waals surface area contributed by atoms with Gasteiger partial charge in [-0.15, -0.1) is 11.3 Å². The molecule has 0 aliphatic rings. The number of methoxy groups -OCH3 is 1. The Bertz CT molecular complexity index is 502. The standard InChI is InChI=1S/C13H13NOS/c1-10-4-3-5-11(8-10)12-9-14-13(16-12)6-7-15-2/h3-9H,1-2H3/b7-6-. The molecule has 0 bridgehead atoms. The van der Waals surface area contributed by atoms with E-state index in [2.05, 4.69) is 36.2 Å². The molecule has 0 N–H and O–H groups in total. The van der Waals surface area contributed by atoms with Crippen LogP contribution < -0.4 is 0 Å². The fraction of sp³-hybridized carbons (Fsp3) is 0.154. The number of benzene rings is 1. The normalized spacial score (nSPS) is 10.9.